The monoisotopic (exact) mass is 1180 g/mol. The van der Waals surface area contributed by atoms with Crippen molar-refractivity contribution in [3.63, 3.8) is 0 Å². The van der Waals surface area contributed by atoms with Crippen LogP contribution in [0.5, 0.6) is 0 Å². The molecule has 0 saturated heterocycles. The smallest absolute Gasteiger partial charge is 0.411 e. The Kier molecular flexibility index (Phi) is 23.0. The molecule has 6 rings (SSSR count). The summed E-state index contributed by atoms with van der Waals surface area (Å²) in [7, 11) is -7.92. The van der Waals surface area contributed by atoms with Crippen LogP contribution in [-0.4, -0.2) is 86.0 Å². The van der Waals surface area contributed by atoms with Gasteiger partial charge in [-0.2, -0.15) is 0 Å². The first kappa shape index (κ1) is 64.9. The van der Waals surface area contributed by atoms with Crippen molar-refractivity contribution >= 4 is 101 Å². The largest absolute Gasteiger partial charge is 0.451 e. The number of hydrogen-bond acceptors (Lipinski definition) is 17. The highest BCUT2D eigenvalue weighted by molar-refractivity contribution is 7.90. The summed E-state index contributed by atoms with van der Waals surface area (Å²) in [6, 6.07) is 23.8. The molecule has 0 radical (unpaired) electrons. The Balaban J connectivity index is 0.000000307. The van der Waals surface area contributed by atoms with Crippen LogP contribution in [0.3, 0.4) is 0 Å². The van der Waals surface area contributed by atoms with Gasteiger partial charge >= 0.3 is 23.7 Å². The number of rotatable bonds is 15. The average Bonchev–Trinajstić information content (AvgIpc) is 4.00. The molecule has 0 saturated carbocycles. The average molecular weight is 1190 g/mol. The first-order valence-corrected chi connectivity index (χ1v) is 29.6. The molecule has 0 aliphatic heterocycles. The second-order valence-electron chi connectivity index (χ2n) is 20.5. The standard InChI is InChI=1S/C27H34N4O6S2.C23H28N4O4S2.C4H7ClO2/c1-16(2)36-25(32)29-19-10-8-18(9-11-19)22-15-28-24(38-22)21-13-12-20(30-26(33)37-17(3)4)14-23(21)39(34,35)31-27(5,6)7;1-14(2)31-22(28)26-17-10-11-18(20(12-17)33(29,30)27-23(3,4)5)21-25-13-19(32-21)15-6-8-16(24)9-7-15;1-3(2)7-4(5)6/h8-17,31H,1-7H3,(H,29,32)(H,30,33);6-14,27H,24H2,1-5H3,(H,26,28);3H,1-2H3. The number of aromatic nitrogens is 2. The molecule has 0 atom stereocenters. The Morgan fingerprint density at radius 2 is 0.823 bits per heavy atom. The summed E-state index contributed by atoms with van der Waals surface area (Å²) in [4.78, 5) is 56.4. The summed E-state index contributed by atoms with van der Waals surface area (Å²) >= 11 is 7.49. The lowest BCUT2D eigenvalue weighted by Crippen LogP contribution is -2.40. The summed E-state index contributed by atoms with van der Waals surface area (Å²) in [5, 5.41) is 8.85. The Bertz CT molecular complexity index is 3280. The molecule has 3 amide bonds. The Morgan fingerprint density at radius 3 is 1.13 bits per heavy atom. The number of anilines is 4. The molecule has 0 spiro atoms. The van der Waals surface area contributed by atoms with Crippen molar-refractivity contribution in [3.05, 3.63) is 97.3 Å². The number of carbonyl (C=O) groups excluding carboxylic acids is 4. The minimum absolute atomic E-state index is 0.0120. The molecule has 4 aromatic carbocycles. The maximum atomic E-state index is 13.4. The summed E-state index contributed by atoms with van der Waals surface area (Å²) in [6.07, 6.45) is 0.503. The first-order valence-electron chi connectivity index (χ1n) is 24.6. The zero-order valence-corrected chi connectivity index (χ0v) is 50.5. The Hall–Kier alpha value is -6.67. The topological polar surface area (TPSA) is 285 Å². The van der Waals surface area contributed by atoms with E-state index in [0.29, 0.717) is 38.2 Å². The molecule has 0 aliphatic rings. The molecular formula is C54H69ClN8O12S4. The van der Waals surface area contributed by atoms with E-state index in [1.54, 1.807) is 158 Å². The van der Waals surface area contributed by atoms with Crippen molar-refractivity contribution in [2.75, 3.05) is 21.7 Å². The summed E-state index contributed by atoms with van der Waals surface area (Å²) in [5.41, 5.74) is 7.99. The Labute approximate surface area is 475 Å². The molecule has 2 heterocycles. The van der Waals surface area contributed by atoms with Gasteiger partial charge in [-0.3, -0.25) is 16.0 Å². The van der Waals surface area contributed by atoms with E-state index >= 15 is 0 Å². The lowest BCUT2D eigenvalue weighted by atomic mass is 10.1. The van der Waals surface area contributed by atoms with Crippen molar-refractivity contribution in [1.82, 2.24) is 19.4 Å². The van der Waals surface area contributed by atoms with Crippen LogP contribution < -0.4 is 31.1 Å². The van der Waals surface area contributed by atoms with Crippen molar-refractivity contribution in [1.29, 1.82) is 0 Å². The van der Waals surface area contributed by atoms with E-state index in [1.807, 2.05) is 24.3 Å². The molecule has 20 nitrogen and oxygen atoms in total. The van der Waals surface area contributed by atoms with Gasteiger partial charge < -0.3 is 24.7 Å². The van der Waals surface area contributed by atoms with E-state index in [0.717, 1.165) is 20.9 Å². The number of nitrogens with zero attached hydrogens (tertiary/aromatic N) is 2. The van der Waals surface area contributed by atoms with Gasteiger partial charge in [0.15, 0.2) is 0 Å². The van der Waals surface area contributed by atoms with Crippen molar-refractivity contribution in [2.45, 2.75) is 142 Å². The van der Waals surface area contributed by atoms with Crippen LogP contribution in [0.2, 0.25) is 0 Å². The minimum atomic E-state index is -3.99. The fourth-order valence-electron chi connectivity index (χ4n) is 6.61. The normalized spacial score (nSPS) is 11.7. The van der Waals surface area contributed by atoms with E-state index in [1.165, 1.54) is 34.8 Å². The third-order valence-electron chi connectivity index (χ3n) is 9.36. The quantitative estimate of drug-likeness (QED) is 0.0317. The lowest BCUT2D eigenvalue weighted by Gasteiger charge is -2.22. The van der Waals surface area contributed by atoms with Gasteiger partial charge in [-0.15, -0.1) is 22.7 Å². The molecule has 6 aromatic rings. The van der Waals surface area contributed by atoms with Gasteiger partial charge in [-0.25, -0.2) is 55.4 Å². The number of thiazole rings is 2. The van der Waals surface area contributed by atoms with Gasteiger partial charge in [0.2, 0.25) is 20.0 Å². The van der Waals surface area contributed by atoms with Gasteiger partial charge in [0.25, 0.3) is 0 Å². The molecule has 79 heavy (non-hydrogen) atoms. The lowest BCUT2D eigenvalue weighted by molar-refractivity contribution is 0.129. The van der Waals surface area contributed by atoms with Gasteiger partial charge in [-0.1, -0.05) is 24.3 Å². The number of nitrogens with two attached hydrogens (primary N) is 1. The predicted octanol–water partition coefficient (Wildman–Crippen LogP) is 13.3. The number of amides is 3. The molecule has 0 bridgehead atoms. The fourth-order valence-corrected chi connectivity index (χ4v) is 12.1. The second-order valence-corrected chi connectivity index (χ2v) is 26.2. The third-order valence-corrected chi connectivity index (χ3v) is 15.2. The van der Waals surface area contributed by atoms with E-state index in [4.69, 9.17) is 31.5 Å². The Morgan fingerprint density at radius 1 is 0.506 bits per heavy atom. The van der Waals surface area contributed by atoms with Crippen LogP contribution in [0.4, 0.5) is 41.9 Å². The van der Waals surface area contributed by atoms with Gasteiger partial charge in [0.05, 0.1) is 44.0 Å². The summed E-state index contributed by atoms with van der Waals surface area (Å²) in [5.74, 6) is 0. The number of benzene rings is 4. The van der Waals surface area contributed by atoms with Crippen molar-refractivity contribution in [3.8, 4) is 42.0 Å². The van der Waals surface area contributed by atoms with Crippen LogP contribution in [0.15, 0.2) is 107 Å². The summed E-state index contributed by atoms with van der Waals surface area (Å²) < 4.78 is 78.4. The molecule has 25 heteroatoms. The molecule has 428 valence electrons. The zero-order valence-electron chi connectivity index (χ0n) is 46.4. The first-order chi connectivity index (χ1) is 36.6. The highest BCUT2D eigenvalue weighted by Crippen LogP contribution is 2.39. The number of nitrogens with one attached hydrogen (secondary N) is 5. The molecule has 7 N–H and O–H groups in total. The van der Waals surface area contributed by atoms with Crippen molar-refractivity contribution in [2.24, 2.45) is 0 Å². The minimum Gasteiger partial charge on any atom is -0.451 e. The van der Waals surface area contributed by atoms with Crippen LogP contribution in [-0.2, 0) is 39.0 Å². The van der Waals surface area contributed by atoms with Crippen LogP contribution >= 0.6 is 34.3 Å². The van der Waals surface area contributed by atoms with Gasteiger partial charge in [0, 0.05) is 68.9 Å². The van der Waals surface area contributed by atoms with E-state index < -0.39 is 54.8 Å². The SMILES string of the molecule is CC(C)OC(=O)Cl.CC(C)OC(=O)Nc1ccc(-c2cnc(-c3ccc(NC(=O)OC(C)C)cc3S(=O)(=O)NC(C)(C)C)s2)cc1.CC(C)OC(=O)Nc1ccc(-c2ncc(-c3ccc(N)cc3)s2)c(S(=O)(=O)NC(C)(C)C)c1. The van der Waals surface area contributed by atoms with Crippen LogP contribution in [0.25, 0.3) is 42.0 Å². The van der Waals surface area contributed by atoms with E-state index in [2.05, 4.69) is 40.1 Å². The van der Waals surface area contributed by atoms with Crippen LogP contribution in [0.1, 0.15) is 96.9 Å². The molecule has 0 unspecified atom stereocenters. The number of halogens is 1. The molecule has 0 aliphatic carbocycles. The molecular weight excluding hydrogens is 1120 g/mol. The number of ether oxygens (including phenoxy) is 4. The number of hydrogen-bond donors (Lipinski definition) is 6. The number of nitrogen functional groups attached to an aromatic ring is 1. The maximum absolute atomic E-state index is 13.4. The third kappa shape index (κ3) is 21.8. The number of sulfonamides is 2. The fraction of sp³-hybridized carbons (Fsp3) is 0.370. The molecule has 2 aromatic heterocycles. The van der Waals surface area contributed by atoms with E-state index in [9.17, 15) is 36.0 Å². The number of carbonyl (C=O) groups is 4. The van der Waals surface area contributed by atoms with Crippen LogP contribution in [0, 0.1) is 0 Å². The maximum Gasteiger partial charge on any atom is 0.411 e. The van der Waals surface area contributed by atoms with Gasteiger partial charge in [-0.05, 0) is 169 Å². The van der Waals surface area contributed by atoms with E-state index in [-0.39, 0.29) is 39.9 Å². The van der Waals surface area contributed by atoms with Crippen molar-refractivity contribution < 1.29 is 55.0 Å². The molecule has 0 fully saturated rings. The zero-order chi connectivity index (χ0) is 59.2. The van der Waals surface area contributed by atoms with Gasteiger partial charge in [0.1, 0.15) is 10.0 Å². The highest BCUT2D eigenvalue weighted by Gasteiger charge is 2.29. The second kappa shape index (κ2) is 28.0. The summed E-state index contributed by atoms with van der Waals surface area (Å²) in [6.45, 7) is 24.4. The predicted molar refractivity (Wildman–Crippen MR) is 314 cm³/mol. The highest BCUT2D eigenvalue weighted by atomic mass is 35.5.